The molecule has 0 aromatic heterocycles. The number of benzene rings is 1. The summed E-state index contributed by atoms with van der Waals surface area (Å²) < 4.78 is 10.8. The molecule has 1 rings (SSSR count). The van der Waals surface area contributed by atoms with Gasteiger partial charge in [-0.05, 0) is 38.5 Å². The van der Waals surface area contributed by atoms with Gasteiger partial charge in [-0.1, -0.05) is 37.8 Å². The van der Waals surface area contributed by atoms with E-state index in [0.29, 0.717) is 29.5 Å². The zero-order valence-electron chi connectivity index (χ0n) is 13.9. The predicted molar refractivity (Wildman–Crippen MR) is 90.8 cm³/mol. The SMILES string of the molecule is CCCCCC(C)(OCC)C(=O)Nc1ccc(OC)c(Cl)c1. The number of nitrogens with one attached hydrogen (secondary N) is 1. The molecule has 1 N–H and O–H groups in total. The molecule has 0 saturated carbocycles. The lowest BCUT2D eigenvalue weighted by atomic mass is 9.96. The molecule has 0 aliphatic carbocycles. The van der Waals surface area contributed by atoms with Crippen molar-refractivity contribution in [3.63, 3.8) is 0 Å². The Morgan fingerprint density at radius 3 is 2.59 bits per heavy atom. The lowest BCUT2D eigenvalue weighted by Gasteiger charge is -2.28. The zero-order chi connectivity index (χ0) is 16.6. The number of unbranched alkanes of at least 4 members (excludes halogenated alkanes) is 2. The van der Waals surface area contributed by atoms with Crippen LogP contribution in [0.25, 0.3) is 0 Å². The quantitative estimate of drug-likeness (QED) is 0.671. The lowest BCUT2D eigenvalue weighted by Crippen LogP contribution is -2.42. The van der Waals surface area contributed by atoms with Crippen LogP contribution in [0.3, 0.4) is 0 Å². The number of carbonyl (C=O) groups is 1. The zero-order valence-corrected chi connectivity index (χ0v) is 14.6. The van der Waals surface area contributed by atoms with Crippen LogP contribution in [0.2, 0.25) is 5.02 Å². The Bertz CT molecular complexity index is 493. The second-order valence-electron chi connectivity index (χ2n) is 5.42. The Balaban J connectivity index is 2.79. The third-order valence-electron chi connectivity index (χ3n) is 3.61. The van der Waals surface area contributed by atoms with Gasteiger partial charge in [0.15, 0.2) is 0 Å². The molecule has 0 radical (unpaired) electrons. The second kappa shape index (κ2) is 9.01. The Hall–Kier alpha value is -1.26. The van der Waals surface area contributed by atoms with Crippen molar-refractivity contribution in [2.45, 2.75) is 52.1 Å². The molecule has 1 unspecified atom stereocenters. The molecule has 1 aromatic carbocycles. The average Bonchev–Trinajstić information content (AvgIpc) is 2.48. The molecule has 1 atom stereocenters. The molecule has 1 amide bonds. The molecule has 124 valence electrons. The van der Waals surface area contributed by atoms with E-state index in [4.69, 9.17) is 21.1 Å². The van der Waals surface area contributed by atoms with Gasteiger partial charge in [-0.3, -0.25) is 4.79 Å². The summed E-state index contributed by atoms with van der Waals surface area (Å²) in [7, 11) is 1.55. The van der Waals surface area contributed by atoms with Crippen LogP contribution >= 0.6 is 11.6 Å². The van der Waals surface area contributed by atoms with Crippen LogP contribution in [0.5, 0.6) is 5.75 Å². The maximum absolute atomic E-state index is 12.6. The molecule has 0 heterocycles. The fourth-order valence-corrected chi connectivity index (χ4v) is 2.55. The van der Waals surface area contributed by atoms with Gasteiger partial charge in [0.25, 0.3) is 5.91 Å². The summed E-state index contributed by atoms with van der Waals surface area (Å²) in [5.74, 6) is 0.432. The minimum absolute atomic E-state index is 0.147. The molecular weight excluding hydrogens is 302 g/mol. The van der Waals surface area contributed by atoms with Gasteiger partial charge in [-0.25, -0.2) is 0 Å². The molecule has 1 aromatic rings. The average molecular weight is 328 g/mol. The predicted octanol–water partition coefficient (Wildman–Crippen LogP) is 4.66. The number of anilines is 1. The molecule has 0 saturated heterocycles. The van der Waals surface area contributed by atoms with Crippen molar-refractivity contribution in [2.24, 2.45) is 0 Å². The van der Waals surface area contributed by atoms with E-state index in [1.807, 2.05) is 13.8 Å². The van der Waals surface area contributed by atoms with E-state index in [1.165, 1.54) is 0 Å². The Morgan fingerprint density at radius 1 is 1.32 bits per heavy atom. The first-order chi connectivity index (χ1) is 10.5. The molecule has 4 nitrogen and oxygen atoms in total. The highest BCUT2D eigenvalue weighted by Crippen LogP contribution is 2.28. The monoisotopic (exact) mass is 327 g/mol. The van der Waals surface area contributed by atoms with Crippen molar-refractivity contribution in [3.8, 4) is 5.75 Å². The van der Waals surface area contributed by atoms with E-state index in [0.717, 1.165) is 19.3 Å². The maximum atomic E-state index is 12.6. The molecule has 0 spiro atoms. The fourth-order valence-electron chi connectivity index (χ4n) is 2.29. The van der Waals surface area contributed by atoms with Crippen LogP contribution in [0.4, 0.5) is 5.69 Å². The van der Waals surface area contributed by atoms with Gasteiger partial charge in [0.05, 0.1) is 12.1 Å². The largest absolute Gasteiger partial charge is 0.495 e. The minimum Gasteiger partial charge on any atom is -0.495 e. The summed E-state index contributed by atoms with van der Waals surface area (Å²) >= 11 is 6.08. The van der Waals surface area contributed by atoms with Crippen molar-refractivity contribution in [1.29, 1.82) is 0 Å². The van der Waals surface area contributed by atoms with Gasteiger partial charge in [0.2, 0.25) is 0 Å². The van der Waals surface area contributed by atoms with Gasteiger partial charge in [0.1, 0.15) is 11.4 Å². The Morgan fingerprint density at radius 2 is 2.05 bits per heavy atom. The second-order valence-corrected chi connectivity index (χ2v) is 5.83. The van der Waals surface area contributed by atoms with Crippen molar-refractivity contribution < 1.29 is 14.3 Å². The van der Waals surface area contributed by atoms with Gasteiger partial charge in [-0.15, -0.1) is 0 Å². The fraction of sp³-hybridized carbons (Fsp3) is 0.588. The third kappa shape index (κ3) is 5.18. The van der Waals surface area contributed by atoms with E-state index in [2.05, 4.69) is 12.2 Å². The molecule has 0 bridgehead atoms. The van der Waals surface area contributed by atoms with E-state index in [9.17, 15) is 4.79 Å². The summed E-state index contributed by atoms with van der Waals surface area (Å²) in [6, 6.07) is 5.17. The lowest BCUT2D eigenvalue weighted by molar-refractivity contribution is -0.139. The Kier molecular flexibility index (Phi) is 7.69. The molecule has 22 heavy (non-hydrogen) atoms. The summed E-state index contributed by atoms with van der Waals surface area (Å²) in [6.07, 6.45) is 3.86. The molecular formula is C17H26ClNO3. The molecule has 0 aliphatic heterocycles. The topological polar surface area (TPSA) is 47.6 Å². The summed E-state index contributed by atoms with van der Waals surface area (Å²) in [6.45, 7) is 6.37. The number of carbonyl (C=O) groups excluding carboxylic acids is 1. The minimum atomic E-state index is -0.823. The Labute approximate surface area is 138 Å². The number of methoxy groups -OCH3 is 1. The molecule has 5 heteroatoms. The van der Waals surface area contributed by atoms with Gasteiger partial charge in [0, 0.05) is 12.3 Å². The third-order valence-corrected chi connectivity index (χ3v) is 3.91. The van der Waals surface area contributed by atoms with E-state index in [1.54, 1.807) is 25.3 Å². The number of rotatable bonds is 9. The number of ether oxygens (including phenoxy) is 2. The van der Waals surface area contributed by atoms with Crippen LogP contribution in [0.15, 0.2) is 18.2 Å². The van der Waals surface area contributed by atoms with Crippen molar-refractivity contribution in [1.82, 2.24) is 0 Å². The van der Waals surface area contributed by atoms with E-state index >= 15 is 0 Å². The van der Waals surface area contributed by atoms with E-state index in [-0.39, 0.29) is 5.91 Å². The normalized spacial score (nSPS) is 13.5. The van der Waals surface area contributed by atoms with Crippen LogP contribution in [0, 0.1) is 0 Å². The van der Waals surface area contributed by atoms with Gasteiger partial charge in [-0.2, -0.15) is 0 Å². The molecule has 0 aliphatic rings. The van der Waals surface area contributed by atoms with Gasteiger partial charge < -0.3 is 14.8 Å². The first-order valence-corrected chi connectivity index (χ1v) is 8.13. The van der Waals surface area contributed by atoms with Crippen molar-refractivity contribution >= 4 is 23.2 Å². The highest BCUT2D eigenvalue weighted by molar-refractivity contribution is 6.32. The van der Waals surface area contributed by atoms with Crippen LogP contribution < -0.4 is 10.1 Å². The summed E-state index contributed by atoms with van der Waals surface area (Å²) in [5, 5.41) is 3.34. The number of hydrogen-bond donors (Lipinski definition) is 1. The highest BCUT2D eigenvalue weighted by atomic mass is 35.5. The summed E-state index contributed by atoms with van der Waals surface area (Å²) in [5.41, 5.74) is -0.187. The van der Waals surface area contributed by atoms with Gasteiger partial charge >= 0.3 is 0 Å². The van der Waals surface area contributed by atoms with Crippen LogP contribution in [-0.4, -0.2) is 25.2 Å². The van der Waals surface area contributed by atoms with E-state index < -0.39 is 5.60 Å². The summed E-state index contributed by atoms with van der Waals surface area (Å²) in [4.78, 5) is 12.6. The van der Waals surface area contributed by atoms with Crippen LogP contribution in [-0.2, 0) is 9.53 Å². The first-order valence-electron chi connectivity index (χ1n) is 7.75. The van der Waals surface area contributed by atoms with Crippen molar-refractivity contribution in [2.75, 3.05) is 19.0 Å². The highest BCUT2D eigenvalue weighted by Gasteiger charge is 2.33. The van der Waals surface area contributed by atoms with Crippen molar-refractivity contribution in [3.05, 3.63) is 23.2 Å². The molecule has 0 fully saturated rings. The van der Waals surface area contributed by atoms with Crippen LogP contribution in [0.1, 0.15) is 46.5 Å². The first kappa shape index (κ1) is 18.8. The smallest absolute Gasteiger partial charge is 0.256 e. The maximum Gasteiger partial charge on any atom is 0.256 e. The number of halogens is 1. The number of amides is 1. The number of hydrogen-bond acceptors (Lipinski definition) is 3. The standard InChI is InChI=1S/C17H26ClNO3/c1-5-7-8-11-17(3,22-6-2)16(20)19-13-9-10-15(21-4)14(18)12-13/h9-10,12H,5-8,11H2,1-4H3,(H,19,20).